The molecular weight excluding hydrogens is 464 g/mol. The van der Waals surface area contributed by atoms with Crippen molar-refractivity contribution < 1.29 is 9.59 Å². The Labute approximate surface area is 225 Å². The minimum atomic E-state index is -0.0204. The van der Waals surface area contributed by atoms with Crippen LogP contribution in [-0.2, 0) is 0 Å². The summed E-state index contributed by atoms with van der Waals surface area (Å²) in [6.45, 7) is 4.20. The van der Waals surface area contributed by atoms with Crippen LogP contribution < -0.4 is 0 Å². The van der Waals surface area contributed by atoms with Crippen molar-refractivity contribution in [1.29, 1.82) is 0 Å². The number of unbranched alkanes of at least 4 members (excludes halogenated alkanes) is 2. The van der Waals surface area contributed by atoms with Crippen LogP contribution in [0.4, 0.5) is 0 Å². The predicted octanol–water partition coefficient (Wildman–Crippen LogP) is 8.12. The summed E-state index contributed by atoms with van der Waals surface area (Å²) in [4.78, 5) is 25.9. The number of carbonyl (C=O) groups excluding carboxylic acids is 2. The van der Waals surface area contributed by atoms with E-state index in [9.17, 15) is 9.59 Å². The molecule has 4 aromatic carbocycles. The monoisotopic (exact) mass is 494 g/mol. The zero-order valence-corrected chi connectivity index (χ0v) is 21.9. The van der Waals surface area contributed by atoms with Crippen molar-refractivity contribution in [1.82, 2.24) is 0 Å². The summed E-state index contributed by atoms with van der Waals surface area (Å²) in [5.41, 5.74) is 6.35. The zero-order valence-electron chi connectivity index (χ0n) is 21.9. The smallest absolute Gasteiger partial charge is 0.193 e. The van der Waals surface area contributed by atoms with Crippen molar-refractivity contribution >= 4 is 11.6 Å². The van der Waals surface area contributed by atoms with Gasteiger partial charge in [0.05, 0.1) is 0 Å². The Morgan fingerprint density at radius 3 is 1.05 bits per heavy atom. The van der Waals surface area contributed by atoms with Crippen LogP contribution in [0.1, 0.15) is 82.5 Å². The molecule has 2 heteroatoms. The lowest BCUT2D eigenvalue weighted by atomic mass is 9.97. The van der Waals surface area contributed by atoms with Crippen LogP contribution in [0.2, 0.25) is 0 Å². The Morgan fingerprint density at radius 2 is 0.763 bits per heavy atom. The molecule has 0 fully saturated rings. The lowest BCUT2D eigenvalue weighted by molar-refractivity contribution is 0.103. The molecule has 0 heterocycles. The minimum Gasteiger partial charge on any atom is -0.289 e. The van der Waals surface area contributed by atoms with Crippen molar-refractivity contribution in [2.24, 2.45) is 0 Å². The first-order chi connectivity index (χ1) is 18.6. The van der Waals surface area contributed by atoms with E-state index in [2.05, 4.69) is 37.5 Å². The van der Waals surface area contributed by atoms with Gasteiger partial charge >= 0.3 is 0 Å². The van der Waals surface area contributed by atoms with E-state index in [0.29, 0.717) is 22.3 Å². The van der Waals surface area contributed by atoms with Crippen molar-refractivity contribution in [2.75, 3.05) is 0 Å². The van der Waals surface area contributed by atoms with Gasteiger partial charge in [0.25, 0.3) is 0 Å². The molecular formula is C36H30O2. The van der Waals surface area contributed by atoms with Gasteiger partial charge in [-0.3, -0.25) is 9.59 Å². The van der Waals surface area contributed by atoms with Crippen LogP contribution in [-0.4, -0.2) is 11.6 Å². The molecule has 186 valence electrons. The fourth-order valence-corrected chi connectivity index (χ4v) is 3.95. The second-order valence-corrected chi connectivity index (χ2v) is 9.07. The van der Waals surface area contributed by atoms with Gasteiger partial charge in [0.2, 0.25) is 0 Å². The zero-order chi connectivity index (χ0) is 26.7. The van der Waals surface area contributed by atoms with Gasteiger partial charge in [-0.1, -0.05) is 86.1 Å². The summed E-state index contributed by atoms with van der Waals surface area (Å²) in [5.74, 6) is 12.4. The molecule has 0 aliphatic rings. The Balaban J connectivity index is 1.42. The van der Waals surface area contributed by atoms with Crippen molar-refractivity contribution in [3.8, 4) is 34.8 Å². The summed E-state index contributed by atoms with van der Waals surface area (Å²) in [6, 6.07) is 30.0. The lowest BCUT2D eigenvalue weighted by Crippen LogP contribution is -2.01. The molecule has 0 aliphatic heterocycles. The van der Waals surface area contributed by atoms with E-state index >= 15 is 0 Å². The molecule has 0 amide bonds. The van der Waals surface area contributed by atoms with Crippen LogP contribution in [0.15, 0.2) is 97.1 Å². The van der Waals surface area contributed by atoms with Gasteiger partial charge in [-0.05, 0) is 72.5 Å². The molecule has 38 heavy (non-hydrogen) atoms. The Hall–Kier alpha value is -4.66. The van der Waals surface area contributed by atoms with Gasteiger partial charge in [-0.15, -0.1) is 0 Å². The SMILES string of the molecule is CCCC#Cc1ccc(C(=O)c2ccc(-c3ccc(C(=O)c4ccc(C#CCCC)cc4)cc3)cc2)cc1. The van der Waals surface area contributed by atoms with Gasteiger partial charge in [-0.25, -0.2) is 0 Å². The molecule has 2 nitrogen and oxygen atoms in total. The molecule has 0 aromatic heterocycles. The standard InChI is InChI=1S/C36H30O2/c1-3-5-7-9-27-11-15-31(16-12-27)35(37)33-23-19-29(20-24-33)30-21-25-34(26-22-30)36(38)32-17-13-28(14-18-32)10-8-6-4-2/h11-26H,3-6H2,1-2H3. The van der Waals surface area contributed by atoms with Gasteiger partial charge in [0, 0.05) is 46.2 Å². The van der Waals surface area contributed by atoms with E-state index < -0.39 is 0 Å². The second-order valence-electron chi connectivity index (χ2n) is 9.07. The largest absolute Gasteiger partial charge is 0.289 e. The number of ketones is 2. The Kier molecular flexibility index (Phi) is 9.07. The number of carbonyl (C=O) groups is 2. The van der Waals surface area contributed by atoms with Crippen LogP contribution >= 0.6 is 0 Å². The summed E-state index contributed by atoms with van der Waals surface area (Å²) < 4.78 is 0. The minimum absolute atomic E-state index is 0.0204. The number of hydrogen-bond acceptors (Lipinski definition) is 2. The summed E-state index contributed by atoms with van der Waals surface area (Å²) in [7, 11) is 0. The van der Waals surface area contributed by atoms with Crippen LogP contribution in [0.25, 0.3) is 11.1 Å². The summed E-state index contributed by atoms with van der Waals surface area (Å²) in [5, 5.41) is 0. The molecule has 0 unspecified atom stereocenters. The number of benzene rings is 4. The van der Waals surface area contributed by atoms with E-state index in [1.165, 1.54) is 0 Å². The quantitative estimate of drug-likeness (QED) is 0.192. The topological polar surface area (TPSA) is 34.1 Å². The van der Waals surface area contributed by atoms with E-state index in [1.54, 1.807) is 0 Å². The van der Waals surface area contributed by atoms with E-state index in [4.69, 9.17) is 0 Å². The average molecular weight is 495 g/mol. The molecule has 4 aromatic rings. The molecule has 0 spiro atoms. The molecule has 0 bridgehead atoms. The first-order valence-electron chi connectivity index (χ1n) is 13.1. The Bertz CT molecular complexity index is 1390. The van der Waals surface area contributed by atoms with Gasteiger partial charge < -0.3 is 0 Å². The molecule has 0 saturated heterocycles. The third kappa shape index (κ3) is 6.76. The van der Waals surface area contributed by atoms with Gasteiger partial charge in [0.15, 0.2) is 11.6 Å². The highest BCUT2D eigenvalue weighted by Crippen LogP contribution is 2.23. The van der Waals surface area contributed by atoms with Gasteiger partial charge in [0.1, 0.15) is 0 Å². The van der Waals surface area contributed by atoms with Crippen LogP contribution in [0.5, 0.6) is 0 Å². The normalized spacial score (nSPS) is 10.1. The molecule has 0 aliphatic carbocycles. The highest BCUT2D eigenvalue weighted by atomic mass is 16.1. The van der Waals surface area contributed by atoms with Gasteiger partial charge in [-0.2, -0.15) is 0 Å². The van der Waals surface area contributed by atoms with E-state index in [0.717, 1.165) is 47.9 Å². The fraction of sp³-hybridized carbons (Fsp3) is 0.167. The fourth-order valence-electron chi connectivity index (χ4n) is 3.95. The van der Waals surface area contributed by atoms with E-state index in [-0.39, 0.29) is 11.6 Å². The first kappa shape index (κ1) is 26.4. The van der Waals surface area contributed by atoms with Crippen LogP contribution in [0.3, 0.4) is 0 Å². The second kappa shape index (κ2) is 13.0. The maximum atomic E-state index is 12.9. The molecule has 4 rings (SSSR count). The third-order valence-electron chi connectivity index (χ3n) is 6.14. The summed E-state index contributed by atoms with van der Waals surface area (Å²) >= 11 is 0. The predicted molar refractivity (Wildman–Crippen MR) is 155 cm³/mol. The average Bonchev–Trinajstić information content (AvgIpc) is 2.98. The number of hydrogen-bond donors (Lipinski definition) is 0. The van der Waals surface area contributed by atoms with Crippen molar-refractivity contribution in [3.05, 3.63) is 130 Å². The highest BCUT2D eigenvalue weighted by molar-refractivity contribution is 6.10. The maximum Gasteiger partial charge on any atom is 0.193 e. The lowest BCUT2D eigenvalue weighted by Gasteiger charge is -2.07. The van der Waals surface area contributed by atoms with Crippen molar-refractivity contribution in [3.63, 3.8) is 0 Å². The first-order valence-corrected chi connectivity index (χ1v) is 13.1. The summed E-state index contributed by atoms with van der Waals surface area (Å²) in [6.07, 6.45) is 3.81. The molecule has 0 atom stereocenters. The van der Waals surface area contributed by atoms with Crippen molar-refractivity contribution in [2.45, 2.75) is 39.5 Å². The number of rotatable bonds is 7. The maximum absolute atomic E-state index is 12.9. The van der Waals surface area contributed by atoms with E-state index in [1.807, 2.05) is 97.1 Å². The highest BCUT2D eigenvalue weighted by Gasteiger charge is 2.11. The molecule has 0 saturated carbocycles. The Morgan fingerprint density at radius 1 is 0.474 bits per heavy atom. The molecule has 0 radical (unpaired) electrons. The van der Waals surface area contributed by atoms with Crippen LogP contribution in [0, 0.1) is 23.7 Å². The third-order valence-corrected chi connectivity index (χ3v) is 6.14. The molecule has 0 N–H and O–H groups in total.